The number of ether oxygens (including phenoxy) is 2. The van der Waals surface area contributed by atoms with Crippen LogP contribution < -0.4 is 20.1 Å². The van der Waals surface area contributed by atoms with Crippen LogP contribution in [-0.4, -0.2) is 43.6 Å². The number of anilines is 1. The lowest BCUT2D eigenvalue weighted by Gasteiger charge is -2.30. The third-order valence-corrected chi connectivity index (χ3v) is 4.78. The van der Waals surface area contributed by atoms with Gasteiger partial charge in [0.1, 0.15) is 6.04 Å². The number of methoxy groups -OCH3 is 2. The molecule has 2 aromatic carbocycles. The number of benzene rings is 2. The van der Waals surface area contributed by atoms with Crippen molar-refractivity contribution >= 4 is 17.6 Å². The van der Waals surface area contributed by atoms with Gasteiger partial charge in [0.05, 0.1) is 14.2 Å². The molecule has 3 rings (SSSR count). The molecule has 148 valence electrons. The van der Waals surface area contributed by atoms with Gasteiger partial charge in [-0.2, -0.15) is 0 Å². The number of para-hydroxylation sites is 1. The summed E-state index contributed by atoms with van der Waals surface area (Å²) in [5, 5.41) is 5.56. The van der Waals surface area contributed by atoms with Crippen molar-refractivity contribution in [3.8, 4) is 11.5 Å². The van der Waals surface area contributed by atoms with E-state index in [1.807, 2.05) is 30.3 Å². The molecule has 0 spiro atoms. The minimum Gasteiger partial charge on any atom is -0.493 e. The molecule has 1 aliphatic heterocycles. The van der Waals surface area contributed by atoms with E-state index >= 15 is 0 Å². The Labute approximate surface area is 164 Å². The first-order valence-electron chi connectivity index (χ1n) is 9.17. The zero-order valence-electron chi connectivity index (χ0n) is 16.3. The summed E-state index contributed by atoms with van der Waals surface area (Å²) in [6.45, 7) is 2.69. The van der Waals surface area contributed by atoms with Crippen molar-refractivity contribution in [2.45, 2.75) is 25.9 Å². The van der Waals surface area contributed by atoms with Crippen molar-refractivity contribution in [1.82, 2.24) is 10.2 Å². The van der Waals surface area contributed by atoms with Crippen LogP contribution in [0.1, 0.15) is 18.1 Å². The summed E-state index contributed by atoms with van der Waals surface area (Å²) in [7, 11) is 3.19. The highest BCUT2D eigenvalue weighted by molar-refractivity contribution is 5.96. The molecule has 0 saturated heterocycles. The molecule has 0 aromatic heterocycles. The summed E-state index contributed by atoms with van der Waals surface area (Å²) < 4.78 is 10.7. The molecule has 7 heteroatoms. The van der Waals surface area contributed by atoms with E-state index in [0.29, 0.717) is 36.7 Å². The first-order valence-corrected chi connectivity index (χ1v) is 9.17. The van der Waals surface area contributed by atoms with Crippen molar-refractivity contribution in [2.24, 2.45) is 0 Å². The van der Waals surface area contributed by atoms with Crippen LogP contribution in [-0.2, 0) is 17.8 Å². The molecule has 2 N–H and O–H groups in total. The normalized spacial score (nSPS) is 13.9. The summed E-state index contributed by atoms with van der Waals surface area (Å²) in [5.41, 5.74) is 2.85. The summed E-state index contributed by atoms with van der Waals surface area (Å²) in [5.74, 6) is 1.06. The third-order valence-electron chi connectivity index (χ3n) is 4.78. The Kier molecular flexibility index (Phi) is 6.03. The summed E-state index contributed by atoms with van der Waals surface area (Å²) in [6, 6.07) is 12.1. The number of amides is 3. The number of rotatable bonds is 5. The third kappa shape index (κ3) is 4.36. The lowest BCUT2D eigenvalue weighted by atomic mass is 9.99. The van der Waals surface area contributed by atoms with Crippen LogP contribution in [0.25, 0.3) is 0 Å². The predicted octanol–water partition coefficient (Wildman–Crippen LogP) is 2.80. The second kappa shape index (κ2) is 8.65. The van der Waals surface area contributed by atoms with Crippen molar-refractivity contribution in [1.29, 1.82) is 0 Å². The quantitative estimate of drug-likeness (QED) is 0.832. The maximum atomic E-state index is 12.6. The number of nitrogens with zero attached hydrogens (tertiary/aromatic N) is 1. The van der Waals surface area contributed by atoms with Gasteiger partial charge >= 0.3 is 6.03 Å². The molecule has 0 fully saturated rings. The van der Waals surface area contributed by atoms with Gasteiger partial charge in [-0.1, -0.05) is 18.2 Å². The van der Waals surface area contributed by atoms with Gasteiger partial charge < -0.3 is 25.0 Å². The van der Waals surface area contributed by atoms with Crippen LogP contribution in [0.15, 0.2) is 42.5 Å². The van der Waals surface area contributed by atoms with E-state index in [9.17, 15) is 9.59 Å². The molecule has 0 unspecified atom stereocenters. The summed E-state index contributed by atoms with van der Waals surface area (Å²) in [4.78, 5) is 26.6. The van der Waals surface area contributed by atoms with Gasteiger partial charge in [0.15, 0.2) is 11.5 Å². The largest absolute Gasteiger partial charge is 0.493 e. The first-order chi connectivity index (χ1) is 13.5. The standard InChI is InChI=1S/C21H25N3O4/c1-14(20(25)23-17-7-5-4-6-8-17)22-21(26)24-10-9-15-11-18(27-2)19(28-3)12-16(15)13-24/h4-8,11-12,14H,9-10,13H2,1-3H3,(H,22,26)(H,23,25)/t14-/m0/s1. The molecule has 1 heterocycles. The van der Waals surface area contributed by atoms with Gasteiger partial charge in [0.2, 0.25) is 5.91 Å². The molecular formula is C21H25N3O4. The van der Waals surface area contributed by atoms with Gasteiger partial charge in [0.25, 0.3) is 0 Å². The number of nitrogens with one attached hydrogen (secondary N) is 2. The van der Waals surface area contributed by atoms with Crippen molar-refractivity contribution in [2.75, 3.05) is 26.1 Å². The number of urea groups is 1. The molecule has 7 nitrogen and oxygen atoms in total. The van der Waals surface area contributed by atoms with Crippen LogP contribution >= 0.6 is 0 Å². The molecular weight excluding hydrogens is 358 g/mol. The number of hydrogen-bond donors (Lipinski definition) is 2. The number of carbonyl (C=O) groups is 2. The molecule has 0 aliphatic carbocycles. The SMILES string of the molecule is COc1cc2c(cc1OC)CN(C(=O)N[C@@H](C)C(=O)Nc1ccccc1)CC2. The molecule has 0 saturated carbocycles. The Hall–Kier alpha value is -3.22. The number of carbonyl (C=O) groups excluding carboxylic acids is 2. The highest BCUT2D eigenvalue weighted by Gasteiger charge is 2.25. The maximum Gasteiger partial charge on any atom is 0.318 e. The lowest BCUT2D eigenvalue weighted by Crippen LogP contribution is -2.49. The monoisotopic (exact) mass is 383 g/mol. The van der Waals surface area contributed by atoms with Crippen LogP contribution in [0.2, 0.25) is 0 Å². The van der Waals surface area contributed by atoms with E-state index in [1.165, 1.54) is 0 Å². The van der Waals surface area contributed by atoms with Gasteiger partial charge in [-0.05, 0) is 48.7 Å². The molecule has 28 heavy (non-hydrogen) atoms. The molecule has 1 aliphatic rings. The average molecular weight is 383 g/mol. The number of hydrogen-bond acceptors (Lipinski definition) is 4. The average Bonchev–Trinajstić information content (AvgIpc) is 2.72. The van der Waals surface area contributed by atoms with E-state index < -0.39 is 6.04 Å². The smallest absolute Gasteiger partial charge is 0.318 e. The Morgan fingerprint density at radius 3 is 2.32 bits per heavy atom. The second-order valence-electron chi connectivity index (χ2n) is 6.67. The van der Waals surface area contributed by atoms with Crippen molar-refractivity contribution in [3.63, 3.8) is 0 Å². The Morgan fingerprint density at radius 1 is 1.04 bits per heavy atom. The number of fused-ring (bicyclic) bond motifs is 1. The second-order valence-corrected chi connectivity index (χ2v) is 6.67. The fourth-order valence-corrected chi connectivity index (χ4v) is 3.17. The maximum absolute atomic E-state index is 12.6. The van der Waals surface area contributed by atoms with Gasteiger partial charge in [-0.25, -0.2) is 4.79 Å². The Balaban J connectivity index is 1.62. The highest BCUT2D eigenvalue weighted by atomic mass is 16.5. The van der Waals surface area contributed by atoms with Crippen LogP contribution in [0, 0.1) is 0 Å². The predicted molar refractivity (Wildman–Crippen MR) is 107 cm³/mol. The summed E-state index contributed by atoms with van der Waals surface area (Å²) in [6.07, 6.45) is 0.716. The first kappa shape index (κ1) is 19.5. The van der Waals surface area contributed by atoms with E-state index in [4.69, 9.17) is 9.47 Å². The summed E-state index contributed by atoms with van der Waals surface area (Å²) >= 11 is 0. The zero-order valence-corrected chi connectivity index (χ0v) is 16.3. The topological polar surface area (TPSA) is 79.9 Å². The fourth-order valence-electron chi connectivity index (χ4n) is 3.17. The Bertz CT molecular complexity index is 854. The molecule has 1 atom stereocenters. The lowest BCUT2D eigenvalue weighted by molar-refractivity contribution is -0.117. The zero-order chi connectivity index (χ0) is 20.1. The Morgan fingerprint density at radius 2 is 1.68 bits per heavy atom. The minimum absolute atomic E-state index is 0.261. The van der Waals surface area contributed by atoms with E-state index in [0.717, 1.165) is 11.1 Å². The van der Waals surface area contributed by atoms with Crippen LogP contribution in [0.5, 0.6) is 11.5 Å². The van der Waals surface area contributed by atoms with Gasteiger partial charge in [-0.15, -0.1) is 0 Å². The van der Waals surface area contributed by atoms with Crippen LogP contribution in [0.4, 0.5) is 10.5 Å². The minimum atomic E-state index is -0.653. The van der Waals surface area contributed by atoms with Crippen molar-refractivity contribution in [3.05, 3.63) is 53.6 Å². The van der Waals surface area contributed by atoms with Crippen molar-refractivity contribution < 1.29 is 19.1 Å². The molecule has 0 bridgehead atoms. The van der Waals surface area contributed by atoms with Gasteiger partial charge in [0, 0.05) is 18.8 Å². The van der Waals surface area contributed by atoms with E-state index in [2.05, 4.69) is 10.6 Å². The van der Waals surface area contributed by atoms with Crippen LogP contribution in [0.3, 0.4) is 0 Å². The van der Waals surface area contributed by atoms with E-state index in [-0.39, 0.29) is 11.9 Å². The van der Waals surface area contributed by atoms with E-state index in [1.54, 1.807) is 38.2 Å². The molecule has 2 aromatic rings. The molecule has 0 radical (unpaired) electrons. The fraction of sp³-hybridized carbons (Fsp3) is 0.333. The molecule has 3 amide bonds. The highest BCUT2D eigenvalue weighted by Crippen LogP contribution is 2.33. The van der Waals surface area contributed by atoms with Gasteiger partial charge in [-0.3, -0.25) is 4.79 Å².